The Morgan fingerprint density at radius 2 is 1.20 bits per heavy atom. The van der Waals surface area contributed by atoms with Crippen LogP contribution in [0.3, 0.4) is 0 Å². The summed E-state index contributed by atoms with van der Waals surface area (Å²) in [6.45, 7) is 0.920. The minimum absolute atomic E-state index is 0.423. The normalized spacial score (nSPS) is 21.2. The summed E-state index contributed by atoms with van der Waals surface area (Å²) in [5.74, 6) is -36.0. The van der Waals surface area contributed by atoms with Crippen LogP contribution in [0.15, 0.2) is 5.16 Å². The third-order valence-electron chi connectivity index (χ3n) is 3.18. The van der Waals surface area contributed by atoms with Gasteiger partial charge >= 0.3 is 35.0 Å². The molecular weight excluding hydrogens is 414 g/mol. The predicted molar refractivity (Wildman–Crippen MR) is 58.1 cm³/mol. The van der Waals surface area contributed by atoms with Gasteiger partial charge in [0.1, 0.15) is 0 Å². The van der Waals surface area contributed by atoms with Crippen molar-refractivity contribution in [2.24, 2.45) is 5.16 Å². The Balaban J connectivity index is 3.39. The first-order chi connectivity index (χ1) is 10.7. The molecule has 0 fully saturated rings. The Labute approximate surface area is 135 Å². The zero-order chi connectivity index (χ0) is 20.3. The number of rotatable bonds is 6. The van der Waals surface area contributed by atoms with E-state index in [-0.39, 0.29) is 0 Å². The highest BCUT2D eigenvalue weighted by Gasteiger charge is 2.91. The van der Waals surface area contributed by atoms with Crippen LogP contribution in [0.2, 0.25) is 0 Å². The monoisotopic (exact) mass is 419 g/mol. The minimum atomic E-state index is -7.66. The van der Waals surface area contributed by atoms with E-state index < -0.39 is 53.2 Å². The lowest BCUT2D eigenvalue weighted by atomic mass is 9.90. The highest BCUT2D eigenvalue weighted by molar-refractivity contribution is 6.22. The van der Waals surface area contributed by atoms with Gasteiger partial charge in [0, 0.05) is 6.42 Å². The second-order valence-electron chi connectivity index (χ2n) is 5.04. The van der Waals surface area contributed by atoms with E-state index in [9.17, 15) is 52.7 Å². The molecule has 0 spiro atoms. The van der Waals surface area contributed by atoms with Crippen molar-refractivity contribution in [1.82, 2.24) is 0 Å². The SMILES string of the molecule is CC1=NOC(C(F)(F)C(F)(F)C(F)(F)C(F)(F)C(F)(F)C(F)(F)Cl)C1. The lowest BCUT2D eigenvalue weighted by Gasteiger charge is -2.40. The molecule has 0 aromatic carbocycles. The summed E-state index contributed by atoms with van der Waals surface area (Å²) in [6.07, 6.45) is -4.44. The fourth-order valence-electron chi connectivity index (χ4n) is 1.67. The maximum absolute atomic E-state index is 13.6. The highest BCUT2D eigenvalue weighted by Crippen LogP contribution is 2.61. The van der Waals surface area contributed by atoms with Crippen LogP contribution in [0.1, 0.15) is 13.3 Å². The maximum atomic E-state index is 13.6. The summed E-state index contributed by atoms with van der Waals surface area (Å²) in [5, 5.41) is -3.74. The van der Waals surface area contributed by atoms with Gasteiger partial charge in [0.25, 0.3) is 0 Å². The Hall–Kier alpha value is -1.08. The largest absolute Gasteiger partial charge is 0.393 e. The minimum Gasteiger partial charge on any atom is -0.385 e. The van der Waals surface area contributed by atoms with E-state index in [0.717, 1.165) is 6.92 Å². The molecule has 0 saturated heterocycles. The van der Waals surface area contributed by atoms with Gasteiger partial charge < -0.3 is 4.84 Å². The van der Waals surface area contributed by atoms with E-state index in [0.29, 0.717) is 0 Å². The van der Waals surface area contributed by atoms with Crippen molar-refractivity contribution >= 4 is 17.3 Å². The summed E-state index contributed by atoms with van der Waals surface area (Å²) >= 11 is 3.55. The van der Waals surface area contributed by atoms with Crippen LogP contribution in [-0.4, -0.2) is 46.8 Å². The number of oxime groups is 1. The Kier molecular flexibility index (Phi) is 5.02. The van der Waals surface area contributed by atoms with Gasteiger partial charge in [-0.3, -0.25) is 0 Å². The summed E-state index contributed by atoms with van der Waals surface area (Å²) in [6, 6.07) is 0. The maximum Gasteiger partial charge on any atom is 0.393 e. The van der Waals surface area contributed by atoms with Gasteiger partial charge in [-0.1, -0.05) is 5.16 Å². The molecule has 1 aliphatic rings. The van der Waals surface area contributed by atoms with Gasteiger partial charge in [-0.05, 0) is 18.5 Å². The van der Waals surface area contributed by atoms with Gasteiger partial charge in [-0.15, -0.1) is 0 Å². The number of hydrogen-bond donors (Lipinski definition) is 0. The third-order valence-corrected chi connectivity index (χ3v) is 3.42. The first-order valence-electron chi connectivity index (χ1n) is 5.90. The average Bonchev–Trinajstić information content (AvgIpc) is 2.83. The number of nitrogens with zero attached hydrogens (tertiary/aromatic N) is 1. The molecule has 25 heavy (non-hydrogen) atoms. The van der Waals surface area contributed by atoms with Crippen molar-refractivity contribution in [3.63, 3.8) is 0 Å². The fourth-order valence-corrected chi connectivity index (χ4v) is 1.79. The van der Waals surface area contributed by atoms with Crippen LogP contribution in [0.5, 0.6) is 0 Å². The van der Waals surface area contributed by atoms with Crippen LogP contribution in [0, 0.1) is 0 Å². The number of alkyl halides is 13. The standard InChI is InChI=1S/C10H6ClF12NO/c1-3-2-4(25-24-3)5(12,13)6(14,15)7(16,17)8(18,19)9(20,21)10(11,22)23/h4H,2H2,1H3. The van der Waals surface area contributed by atoms with E-state index in [1.807, 2.05) is 0 Å². The highest BCUT2D eigenvalue weighted by atomic mass is 35.5. The number of halogens is 13. The third kappa shape index (κ3) is 2.89. The zero-order valence-corrected chi connectivity index (χ0v) is 12.3. The second kappa shape index (κ2) is 5.71. The first kappa shape index (κ1) is 22.0. The van der Waals surface area contributed by atoms with E-state index >= 15 is 0 Å². The Morgan fingerprint density at radius 3 is 1.52 bits per heavy atom. The van der Waals surface area contributed by atoms with Crippen LogP contribution in [0.25, 0.3) is 0 Å². The molecule has 15 heteroatoms. The van der Waals surface area contributed by atoms with Gasteiger partial charge in [0.2, 0.25) is 6.10 Å². The van der Waals surface area contributed by atoms with Crippen molar-refractivity contribution in [2.45, 2.75) is 54.4 Å². The fraction of sp³-hybridized carbons (Fsp3) is 0.900. The van der Waals surface area contributed by atoms with Crippen molar-refractivity contribution in [2.75, 3.05) is 0 Å². The van der Waals surface area contributed by atoms with Crippen molar-refractivity contribution in [3.8, 4) is 0 Å². The van der Waals surface area contributed by atoms with E-state index in [1.165, 1.54) is 0 Å². The van der Waals surface area contributed by atoms with Crippen molar-refractivity contribution in [1.29, 1.82) is 0 Å². The van der Waals surface area contributed by atoms with Gasteiger partial charge in [-0.2, -0.15) is 52.7 Å². The van der Waals surface area contributed by atoms with E-state index in [1.54, 1.807) is 0 Å². The molecule has 1 rings (SSSR count). The smallest absolute Gasteiger partial charge is 0.385 e. The van der Waals surface area contributed by atoms with Crippen LogP contribution in [-0.2, 0) is 4.84 Å². The average molecular weight is 420 g/mol. The summed E-state index contributed by atoms with van der Waals surface area (Å²) in [7, 11) is 0. The predicted octanol–water partition coefficient (Wildman–Crippen LogP) is 5.16. The molecule has 1 atom stereocenters. The quantitative estimate of drug-likeness (QED) is 0.430. The zero-order valence-electron chi connectivity index (χ0n) is 11.6. The summed E-state index contributed by atoms with van der Waals surface area (Å²) in [4.78, 5) is 3.70. The van der Waals surface area contributed by atoms with Crippen molar-refractivity contribution < 1.29 is 57.5 Å². The molecule has 0 saturated carbocycles. The Bertz CT molecular complexity index is 555. The lowest BCUT2D eigenvalue weighted by molar-refractivity contribution is -0.424. The molecular formula is C10H6ClF12NO. The second-order valence-corrected chi connectivity index (χ2v) is 5.52. The molecule has 0 radical (unpaired) electrons. The molecule has 148 valence electrons. The molecule has 1 unspecified atom stereocenters. The van der Waals surface area contributed by atoms with Crippen LogP contribution < -0.4 is 0 Å². The summed E-state index contributed by atoms with van der Waals surface area (Å²) < 4.78 is 157. The topological polar surface area (TPSA) is 21.6 Å². The lowest BCUT2D eigenvalue weighted by Crippen LogP contribution is -2.71. The van der Waals surface area contributed by atoms with Gasteiger partial charge in [0.05, 0.1) is 5.71 Å². The van der Waals surface area contributed by atoms with Crippen molar-refractivity contribution in [3.05, 3.63) is 0 Å². The summed E-state index contributed by atoms with van der Waals surface area (Å²) in [5.41, 5.74) is -0.423. The molecule has 0 aromatic heterocycles. The molecule has 1 heterocycles. The molecule has 0 aliphatic carbocycles. The molecule has 0 N–H and O–H groups in total. The van der Waals surface area contributed by atoms with Gasteiger partial charge in [-0.25, -0.2) is 0 Å². The first-order valence-corrected chi connectivity index (χ1v) is 6.28. The number of hydrogen-bond acceptors (Lipinski definition) is 2. The molecule has 2 nitrogen and oxygen atoms in total. The van der Waals surface area contributed by atoms with Crippen LogP contribution >= 0.6 is 11.6 Å². The van der Waals surface area contributed by atoms with Crippen LogP contribution in [0.4, 0.5) is 52.7 Å². The van der Waals surface area contributed by atoms with E-state index in [2.05, 4.69) is 21.6 Å². The van der Waals surface area contributed by atoms with Gasteiger partial charge in [0.15, 0.2) is 0 Å². The molecule has 1 aliphatic heterocycles. The van der Waals surface area contributed by atoms with E-state index in [4.69, 9.17) is 0 Å². The molecule has 0 bridgehead atoms. The molecule has 0 amide bonds. The molecule has 0 aromatic rings. The Morgan fingerprint density at radius 1 is 0.800 bits per heavy atom.